The maximum absolute atomic E-state index is 13.8. The van der Waals surface area contributed by atoms with Gasteiger partial charge in [0, 0.05) is 10.2 Å². The molecule has 1 aliphatic rings. The Labute approximate surface area is 127 Å². The Bertz CT molecular complexity index is 639. The van der Waals surface area contributed by atoms with Gasteiger partial charge in [-0.05, 0) is 60.2 Å². The Morgan fingerprint density at radius 2 is 2.15 bits per heavy atom. The van der Waals surface area contributed by atoms with Crippen molar-refractivity contribution in [2.75, 3.05) is 5.32 Å². The van der Waals surface area contributed by atoms with Gasteiger partial charge in [0.25, 0.3) is 0 Å². The van der Waals surface area contributed by atoms with Crippen LogP contribution in [0, 0.1) is 5.82 Å². The number of hydrogen-bond donors (Lipinski definition) is 1. The van der Waals surface area contributed by atoms with Crippen LogP contribution in [0.5, 0.6) is 0 Å². The second kappa shape index (κ2) is 5.57. The van der Waals surface area contributed by atoms with Gasteiger partial charge < -0.3 is 5.32 Å². The molecule has 0 aliphatic heterocycles. The van der Waals surface area contributed by atoms with Crippen LogP contribution < -0.4 is 5.32 Å². The average molecular weight is 334 g/mol. The molecule has 1 atom stereocenters. The van der Waals surface area contributed by atoms with Gasteiger partial charge in [0.2, 0.25) is 0 Å². The smallest absolute Gasteiger partial charge is 0.126 e. The summed E-state index contributed by atoms with van der Waals surface area (Å²) >= 11 is 3.51. The minimum Gasteiger partial charge on any atom is -0.378 e. The zero-order valence-corrected chi connectivity index (χ0v) is 13.0. The van der Waals surface area contributed by atoms with Crippen molar-refractivity contribution in [2.45, 2.75) is 32.2 Å². The Hall–Kier alpha value is -1.35. The van der Waals surface area contributed by atoms with Gasteiger partial charge in [-0.2, -0.15) is 0 Å². The minimum absolute atomic E-state index is 0.0710. The van der Waals surface area contributed by atoms with Crippen molar-refractivity contribution in [3.8, 4) is 0 Å². The zero-order chi connectivity index (χ0) is 14.1. The van der Waals surface area contributed by atoms with Crippen molar-refractivity contribution in [1.29, 1.82) is 0 Å². The number of hydrogen-bond acceptors (Lipinski definition) is 1. The Kier molecular flexibility index (Phi) is 3.79. The number of anilines is 1. The first kappa shape index (κ1) is 13.6. The molecule has 1 aliphatic carbocycles. The molecule has 0 aromatic heterocycles. The Morgan fingerprint density at radius 1 is 1.30 bits per heavy atom. The summed E-state index contributed by atoms with van der Waals surface area (Å²) in [6, 6.07) is 11.9. The van der Waals surface area contributed by atoms with Crippen molar-refractivity contribution in [3.63, 3.8) is 0 Å². The van der Waals surface area contributed by atoms with Crippen LogP contribution in [0.15, 0.2) is 40.9 Å². The Balaban J connectivity index is 1.89. The lowest BCUT2D eigenvalue weighted by Gasteiger charge is -2.18. The first-order valence-corrected chi connectivity index (χ1v) is 7.80. The predicted molar refractivity (Wildman–Crippen MR) is 84.6 cm³/mol. The van der Waals surface area contributed by atoms with Gasteiger partial charge in [0.15, 0.2) is 0 Å². The standard InChI is InChI=1S/C17H17BrFN/c1-2-11-10-12(18)6-8-16(11)20-17-9-7-13-14(17)4-3-5-15(13)19/h3-6,8,10,17,20H,2,7,9H2,1H3. The highest BCUT2D eigenvalue weighted by Crippen LogP contribution is 2.36. The molecule has 0 heterocycles. The van der Waals surface area contributed by atoms with Crippen molar-refractivity contribution >= 4 is 21.6 Å². The monoisotopic (exact) mass is 333 g/mol. The van der Waals surface area contributed by atoms with Crippen LogP contribution in [0.3, 0.4) is 0 Å². The molecule has 20 heavy (non-hydrogen) atoms. The van der Waals surface area contributed by atoms with Crippen LogP contribution in [-0.4, -0.2) is 0 Å². The third kappa shape index (κ3) is 2.47. The molecule has 0 spiro atoms. The van der Waals surface area contributed by atoms with Crippen LogP contribution in [0.4, 0.5) is 10.1 Å². The molecule has 3 heteroatoms. The number of rotatable bonds is 3. The summed E-state index contributed by atoms with van der Waals surface area (Å²) in [7, 11) is 0. The second-order valence-corrected chi connectivity index (χ2v) is 6.11. The normalized spacial score (nSPS) is 17.1. The topological polar surface area (TPSA) is 12.0 Å². The first-order chi connectivity index (χ1) is 9.69. The Morgan fingerprint density at radius 3 is 2.95 bits per heavy atom. The van der Waals surface area contributed by atoms with E-state index in [2.05, 4.69) is 40.3 Å². The fourth-order valence-corrected chi connectivity index (χ4v) is 3.35. The third-order valence-corrected chi connectivity index (χ3v) is 4.48. The summed E-state index contributed by atoms with van der Waals surface area (Å²) in [5.41, 5.74) is 4.41. The highest BCUT2D eigenvalue weighted by atomic mass is 79.9. The number of halogens is 2. The molecule has 0 saturated heterocycles. The van der Waals surface area contributed by atoms with E-state index in [1.54, 1.807) is 12.1 Å². The maximum atomic E-state index is 13.8. The van der Waals surface area contributed by atoms with Gasteiger partial charge in [-0.3, -0.25) is 0 Å². The van der Waals surface area contributed by atoms with Crippen LogP contribution in [0.25, 0.3) is 0 Å². The highest BCUT2D eigenvalue weighted by molar-refractivity contribution is 9.10. The van der Waals surface area contributed by atoms with Crippen molar-refractivity contribution in [1.82, 2.24) is 0 Å². The predicted octanol–water partition coefficient (Wildman–Crippen LogP) is 5.25. The van der Waals surface area contributed by atoms with E-state index in [1.165, 1.54) is 5.56 Å². The molecule has 1 nitrogen and oxygen atoms in total. The zero-order valence-electron chi connectivity index (χ0n) is 11.4. The van der Waals surface area contributed by atoms with Crippen LogP contribution in [-0.2, 0) is 12.8 Å². The largest absolute Gasteiger partial charge is 0.378 e. The number of fused-ring (bicyclic) bond motifs is 1. The van der Waals surface area contributed by atoms with Crippen LogP contribution in [0.2, 0.25) is 0 Å². The van der Waals surface area contributed by atoms with E-state index in [1.807, 2.05) is 12.1 Å². The number of benzene rings is 2. The van der Waals surface area contributed by atoms with Gasteiger partial charge in [0.1, 0.15) is 5.82 Å². The second-order valence-electron chi connectivity index (χ2n) is 5.20. The van der Waals surface area contributed by atoms with E-state index < -0.39 is 0 Å². The van der Waals surface area contributed by atoms with Gasteiger partial charge in [-0.15, -0.1) is 0 Å². The van der Waals surface area contributed by atoms with Crippen molar-refractivity contribution in [2.24, 2.45) is 0 Å². The SMILES string of the molecule is CCc1cc(Br)ccc1NC1CCc2c(F)cccc21. The van der Waals surface area contributed by atoms with Crippen LogP contribution >= 0.6 is 15.9 Å². The van der Waals surface area contributed by atoms with Crippen molar-refractivity contribution < 1.29 is 4.39 Å². The van der Waals surface area contributed by atoms with E-state index in [9.17, 15) is 4.39 Å². The van der Waals surface area contributed by atoms with E-state index in [0.29, 0.717) is 0 Å². The van der Waals surface area contributed by atoms with Crippen LogP contribution in [0.1, 0.15) is 36.1 Å². The lowest BCUT2D eigenvalue weighted by atomic mass is 10.1. The summed E-state index contributed by atoms with van der Waals surface area (Å²) in [6.07, 6.45) is 2.75. The molecule has 1 N–H and O–H groups in total. The van der Waals surface area contributed by atoms with E-state index in [-0.39, 0.29) is 11.9 Å². The summed E-state index contributed by atoms with van der Waals surface area (Å²) in [4.78, 5) is 0. The molecular formula is C17H17BrFN. The molecule has 2 aromatic rings. The molecule has 2 aromatic carbocycles. The van der Waals surface area contributed by atoms with Crippen molar-refractivity contribution in [3.05, 3.63) is 63.4 Å². The molecule has 3 rings (SSSR count). The lowest BCUT2D eigenvalue weighted by molar-refractivity contribution is 0.612. The molecule has 0 amide bonds. The molecule has 0 saturated carbocycles. The molecule has 0 radical (unpaired) electrons. The summed E-state index contributed by atoms with van der Waals surface area (Å²) < 4.78 is 14.9. The summed E-state index contributed by atoms with van der Waals surface area (Å²) in [5.74, 6) is -0.0710. The molecular weight excluding hydrogens is 317 g/mol. The van der Waals surface area contributed by atoms with E-state index in [4.69, 9.17) is 0 Å². The summed E-state index contributed by atoms with van der Waals surface area (Å²) in [5, 5.41) is 3.58. The number of aryl methyl sites for hydroxylation is 1. The van der Waals surface area contributed by atoms with Gasteiger partial charge in [0.05, 0.1) is 6.04 Å². The molecule has 1 unspecified atom stereocenters. The fraction of sp³-hybridized carbons (Fsp3) is 0.294. The highest BCUT2D eigenvalue weighted by Gasteiger charge is 2.25. The minimum atomic E-state index is -0.0710. The van der Waals surface area contributed by atoms with E-state index >= 15 is 0 Å². The van der Waals surface area contributed by atoms with Gasteiger partial charge in [-0.25, -0.2) is 4.39 Å². The quantitative estimate of drug-likeness (QED) is 0.808. The lowest BCUT2D eigenvalue weighted by Crippen LogP contribution is -2.09. The fourth-order valence-electron chi connectivity index (χ4n) is 2.94. The van der Waals surface area contributed by atoms with E-state index in [0.717, 1.165) is 40.5 Å². The molecule has 0 bridgehead atoms. The maximum Gasteiger partial charge on any atom is 0.126 e. The summed E-state index contributed by atoms with van der Waals surface area (Å²) in [6.45, 7) is 2.15. The third-order valence-electron chi connectivity index (χ3n) is 3.99. The van der Waals surface area contributed by atoms with Gasteiger partial charge >= 0.3 is 0 Å². The molecule has 104 valence electrons. The first-order valence-electron chi connectivity index (χ1n) is 7.01. The average Bonchev–Trinajstić information content (AvgIpc) is 2.85. The van der Waals surface area contributed by atoms with Gasteiger partial charge in [-0.1, -0.05) is 35.0 Å². The number of nitrogens with one attached hydrogen (secondary N) is 1. The molecule has 0 fully saturated rings.